The Bertz CT molecular complexity index is 271. The molecule has 1 heteroatoms. The minimum Gasteiger partial charge on any atom is -0.328 e. The number of hydrogen-bond acceptors (Lipinski definition) is 1. The molecule has 1 atom stereocenters. The highest BCUT2D eigenvalue weighted by Gasteiger charge is 2.02. The molecule has 0 radical (unpaired) electrons. The van der Waals surface area contributed by atoms with Crippen molar-refractivity contribution >= 4 is 0 Å². The van der Waals surface area contributed by atoms with Crippen molar-refractivity contribution in [3.8, 4) is 0 Å². The summed E-state index contributed by atoms with van der Waals surface area (Å²) in [5.74, 6) is 0. The van der Waals surface area contributed by atoms with Gasteiger partial charge in [-0.25, -0.2) is 0 Å². The van der Waals surface area contributed by atoms with E-state index in [-0.39, 0.29) is 0 Å². The molecule has 0 heterocycles. The lowest BCUT2D eigenvalue weighted by Gasteiger charge is -2.11. The zero-order valence-electron chi connectivity index (χ0n) is 17.8. The van der Waals surface area contributed by atoms with Crippen LogP contribution in [0.4, 0.5) is 0 Å². The summed E-state index contributed by atoms with van der Waals surface area (Å²) < 4.78 is 0. The highest BCUT2D eigenvalue weighted by molar-refractivity contribution is 4.93. The van der Waals surface area contributed by atoms with Crippen LogP contribution in [-0.2, 0) is 0 Å². The topological polar surface area (TPSA) is 26.0 Å². The maximum absolute atomic E-state index is 6.25. The maximum Gasteiger partial charge on any atom is 0.00388 e. The molecule has 0 spiro atoms. The van der Waals surface area contributed by atoms with E-state index < -0.39 is 0 Å². The predicted molar refractivity (Wildman–Crippen MR) is 116 cm³/mol. The van der Waals surface area contributed by atoms with Gasteiger partial charge in [0, 0.05) is 6.04 Å². The summed E-state index contributed by atoms with van der Waals surface area (Å²) in [7, 11) is 0. The highest BCUT2D eigenvalue weighted by atomic mass is 14.6. The Labute approximate surface area is 160 Å². The highest BCUT2D eigenvalue weighted by Crippen LogP contribution is 2.17. The molecule has 0 fully saturated rings. The van der Waals surface area contributed by atoms with E-state index in [4.69, 9.17) is 5.73 Å². The Balaban J connectivity index is 3.25. The van der Waals surface area contributed by atoms with E-state index in [1.54, 1.807) is 0 Å². The summed E-state index contributed by atoms with van der Waals surface area (Å²) in [5, 5.41) is 0. The molecule has 2 N–H and O–H groups in total. The van der Waals surface area contributed by atoms with Crippen molar-refractivity contribution in [2.45, 2.75) is 142 Å². The first kappa shape index (κ1) is 24.7. The number of nitrogens with two attached hydrogens (primary N) is 1. The molecule has 0 amide bonds. The van der Waals surface area contributed by atoms with Crippen LogP contribution in [0, 0.1) is 0 Å². The fraction of sp³-hybridized carbons (Fsp3) is 0.917. The fourth-order valence-corrected chi connectivity index (χ4v) is 3.57. The first-order chi connectivity index (χ1) is 12.2. The summed E-state index contributed by atoms with van der Waals surface area (Å²) >= 11 is 0. The third-order valence-corrected chi connectivity index (χ3v) is 5.42. The van der Waals surface area contributed by atoms with Gasteiger partial charge in [0.1, 0.15) is 0 Å². The summed E-state index contributed by atoms with van der Waals surface area (Å²) in [6.07, 6.45) is 25.5. The summed E-state index contributed by atoms with van der Waals surface area (Å²) in [6.45, 7) is 8.80. The minimum atomic E-state index is 0.453. The quantitative estimate of drug-likeness (QED) is 0.173. The van der Waals surface area contributed by atoms with Crippen molar-refractivity contribution in [2.24, 2.45) is 5.73 Å². The van der Waals surface area contributed by atoms with Crippen LogP contribution in [0.25, 0.3) is 0 Å². The van der Waals surface area contributed by atoms with Gasteiger partial charge in [-0.05, 0) is 38.5 Å². The van der Waals surface area contributed by atoms with Crippen molar-refractivity contribution in [2.75, 3.05) is 0 Å². The molecule has 0 saturated carbocycles. The van der Waals surface area contributed by atoms with Crippen LogP contribution >= 0.6 is 0 Å². The second-order valence-corrected chi connectivity index (χ2v) is 8.18. The molecule has 0 aliphatic rings. The SMILES string of the molecule is C=C(CCCCCC)CCCCCCCC(N)CCCCCCCC. The van der Waals surface area contributed by atoms with Crippen LogP contribution in [-0.4, -0.2) is 6.04 Å². The van der Waals surface area contributed by atoms with Gasteiger partial charge in [-0.15, -0.1) is 0 Å². The molecule has 0 aliphatic carbocycles. The average Bonchev–Trinajstić information content (AvgIpc) is 2.61. The first-order valence-electron chi connectivity index (χ1n) is 11.6. The lowest BCUT2D eigenvalue weighted by Crippen LogP contribution is -2.19. The van der Waals surface area contributed by atoms with Gasteiger partial charge in [-0.2, -0.15) is 0 Å². The summed E-state index contributed by atoms with van der Waals surface area (Å²) in [5.41, 5.74) is 7.73. The molecule has 1 unspecified atom stereocenters. The molecular weight excluding hydrogens is 302 g/mol. The minimum absolute atomic E-state index is 0.453. The predicted octanol–water partition coefficient (Wildman–Crippen LogP) is 8.32. The Morgan fingerprint density at radius 3 is 1.44 bits per heavy atom. The first-order valence-corrected chi connectivity index (χ1v) is 11.6. The molecule has 0 aliphatic heterocycles. The Kier molecular flexibility index (Phi) is 19.8. The Morgan fingerprint density at radius 2 is 0.960 bits per heavy atom. The molecule has 150 valence electrons. The molecule has 25 heavy (non-hydrogen) atoms. The van der Waals surface area contributed by atoms with Gasteiger partial charge in [0.2, 0.25) is 0 Å². The maximum atomic E-state index is 6.25. The number of allylic oxidation sites excluding steroid dienone is 1. The number of unbranched alkanes of at least 4 members (excludes halogenated alkanes) is 12. The third kappa shape index (κ3) is 19.9. The van der Waals surface area contributed by atoms with Gasteiger partial charge in [-0.1, -0.05) is 109 Å². The Morgan fingerprint density at radius 1 is 0.600 bits per heavy atom. The third-order valence-electron chi connectivity index (χ3n) is 5.42. The molecule has 1 nitrogen and oxygen atoms in total. The van der Waals surface area contributed by atoms with E-state index in [1.165, 1.54) is 128 Å². The smallest absolute Gasteiger partial charge is 0.00388 e. The van der Waals surface area contributed by atoms with Crippen molar-refractivity contribution in [1.29, 1.82) is 0 Å². The second-order valence-electron chi connectivity index (χ2n) is 8.18. The molecular formula is C24H49N. The van der Waals surface area contributed by atoms with E-state index >= 15 is 0 Å². The van der Waals surface area contributed by atoms with Crippen molar-refractivity contribution in [3.05, 3.63) is 12.2 Å². The van der Waals surface area contributed by atoms with E-state index in [2.05, 4.69) is 20.4 Å². The van der Waals surface area contributed by atoms with Crippen molar-refractivity contribution in [1.82, 2.24) is 0 Å². The van der Waals surface area contributed by atoms with Gasteiger partial charge in [-0.3, -0.25) is 0 Å². The molecule has 0 aromatic carbocycles. The number of rotatable bonds is 20. The van der Waals surface area contributed by atoms with Gasteiger partial charge in [0.25, 0.3) is 0 Å². The monoisotopic (exact) mass is 351 g/mol. The van der Waals surface area contributed by atoms with Crippen LogP contribution in [0.3, 0.4) is 0 Å². The van der Waals surface area contributed by atoms with E-state index in [9.17, 15) is 0 Å². The molecule has 0 aromatic heterocycles. The normalized spacial score (nSPS) is 12.4. The van der Waals surface area contributed by atoms with E-state index in [0.29, 0.717) is 6.04 Å². The zero-order valence-corrected chi connectivity index (χ0v) is 17.8. The fourth-order valence-electron chi connectivity index (χ4n) is 3.57. The summed E-state index contributed by atoms with van der Waals surface area (Å²) in [4.78, 5) is 0. The standard InChI is InChI=1S/C24H49N/c1-4-6-8-10-13-17-21-24(25)22-18-14-11-12-16-20-23(3)19-15-9-7-5-2/h24H,3-22,25H2,1-2H3. The largest absolute Gasteiger partial charge is 0.328 e. The average molecular weight is 352 g/mol. The van der Waals surface area contributed by atoms with E-state index in [1.807, 2.05) is 0 Å². The van der Waals surface area contributed by atoms with Crippen LogP contribution in [0.5, 0.6) is 0 Å². The van der Waals surface area contributed by atoms with Crippen LogP contribution < -0.4 is 5.73 Å². The molecule has 0 aromatic rings. The Hall–Kier alpha value is -0.300. The van der Waals surface area contributed by atoms with Crippen LogP contribution in [0.15, 0.2) is 12.2 Å². The van der Waals surface area contributed by atoms with Gasteiger partial charge >= 0.3 is 0 Å². The lowest BCUT2D eigenvalue weighted by molar-refractivity contribution is 0.484. The van der Waals surface area contributed by atoms with Gasteiger partial charge in [0.15, 0.2) is 0 Å². The second kappa shape index (κ2) is 20.0. The van der Waals surface area contributed by atoms with E-state index in [0.717, 1.165) is 0 Å². The zero-order chi connectivity index (χ0) is 18.6. The molecule has 0 rings (SSSR count). The molecule has 0 saturated heterocycles. The van der Waals surface area contributed by atoms with Crippen molar-refractivity contribution < 1.29 is 0 Å². The number of hydrogen-bond donors (Lipinski definition) is 1. The van der Waals surface area contributed by atoms with Crippen LogP contribution in [0.2, 0.25) is 0 Å². The van der Waals surface area contributed by atoms with Gasteiger partial charge in [0.05, 0.1) is 0 Å². The van der Waals surface area contributed by atoms with Crippen LogP contribution in [0.1, 0.15) is 136 Å². The summed E-state index contributed by atoms with van der Waals surface area (Å²) in [6, 6.07) is 0.453. The molecule has 0 bridgehead atoms. The van der Waals surface area contributed by atoms with Crippen molar-refractivity contribution in [3.63, 3.8) is 0 Å². The lowest BCUT2D eigenvalue weighted by atomic mass is 9.99. The van der Waals surface area contributed by atoms with Gasteiger partial charge < -0.3 is 5.73 Å².